The highest BCUT2D eigenvalue weighted by molar-refractivity contribution is 7.11. The van der Waals surface area contributed by atoms with Crippen molar-refractivity contribution < 1.29 is 28.2 Å². The molecule has 59 heavy (non-hydrogen) atoms. The molecule has 1 saturated carbocycles. The number of hydrogen-bond donors (Lipinski definition) is 3. The normalized spacial score (nSPS) is 19.3. The number of benzene rings is 2. The zero-order valence-corrected chi connectivity index (χ0v) is 35.0. The van der Waals surface area contributed by atoms with Gasteiger partial charge in [-0.3, -0.25) is 29.1 Å². The summed E-state index contributed by atoms with van der Waals surface area (Å²) < 4.78 is 26.5. The van der Waals surface area contributed by atoms with E-state index in [1.165, 1.54) is 22.5 Å². The first-order chi connectivity index (χ1) is 28.5. The highest BCUT2D eigenvalue weighted by Crippen LogP contribution is 2.32. The first-order valence-corrected chi connectivity index (χ1v) is 21.6. The second kappa shape index (κ2) is 20.0. The van der Waals surface area contributed by atoms with Gasteiger partial charge < -0.3 is 25.4 Å². The van der Waals surface area contributed by atoms with Crippen LogP contribution in [0.5, 0.6) is 11.6 Å². The lowest BCUT2D eigenvalue weighted by Crippen LogP contribution is -2.49. The van der Waals surface area contributed by atoms with Crippen LogP contribution in [0.25, 0.3) is 11.1 Å². The van der Waals surface area contributed by atoms with Gasteiger partial charge in [-0.1, -0.05) is 30.3 Å². The molecule has 3 amide bonds. The number of aryl methyl sites for hydroxylation is 1. The molecule has 2 aromatic heterocycles. The van der Waals surface area contributed by atoms with E-state index in [0.717, 1.165) is 81.4 Å². The Hall–Kier alpha value is -4.80. The van der Waals surface area contributed by atoms with Crippen molar-refractivity contribution in [2.45, 2.75) is 77.7 Å². The summed E-state index contributed by atoms with van der Waals surface area (Å²) in [6.07, 6.45) is 3.77. The molecule has 1 aliphatic carbocycles. The van der Waals surface area contributed by atoms with Crippen molar-refractivity contribution in [1.29, 1.82) is 0 Å². The Morgan fingerprint density at radius 2 is 1.58 bits per heavy atom. The van der Waals surface area contributed by atoms with E-state index in [-0.39, 0.29) is 41.4 Å². The molecule has 2 aromatic carbocycles. The van der Waals surface area contributed by atoms with Gasteiger partial charge in [-0.15, -0.1) is 11.3 Å². The monoisotopic (exact) mass is 826 g/mol. The van der Waals surface area contributed by atoms with Gasteiger partial charge in [0.25, 0.3) is 11.8 Å². The molecule has 4 aromatic rings. The number of nitrogens with zero attached hydrogens (tertiary/aromatic N) is 5. The van der Waals surface area contributed by atoms with Crippen LogP contribution in [-0.4, -0.2) is 120 Å². The van der Waals surface area contributed by atoms with E-state index in [2.05, 4.69) is 58.8 Å². The quantitative estimate of drug-likeness (QED) is 0.152. The van der Waals surface area contributed by atoms with Crippen LogP contribution in [0.15, 0.2) is 60.1 Å². The maximum atomic E-state index is 14.6. The van der Waals surface area contributed by atoms with Gasteiger partial charge in [0.15, 0.2) is 5.01 Å². The van der Waals surface area contributed by atoms with Crippen molar-refractivity contribution in [3.05, 3.63) is 93.3 Å². The number of piperazine rings is 1. The van der Waals surface area contributed by atoms with Crippen molar-refractivity contribution >= 4 is 29.1 Å². The van der Waals surface area contributed by atoms with Gasteiger partial charge in [0, 0.05) is 81.6 Å². The topological polar surface area (TPSA) is 141 Å². The summed E-state index contributed by atoms with van der Waals surface area (Å²) in [5, 5.41) is 11.4. The van der Waals surface area contributed by atoms with Gasteiger partial charge in [0.1, 0.15) is 17.1 Å². The predicted molar refractivity (Wildman–Crippen MR) is 225 cm³/mol. The number of carbonyl (C=O) groups excluding carboxylic acids is 3. The van der Waals surface area contributed by atoms with Crippen LogP contribution in [0.3, 0.4) is 0 Å². The van der Waals surface area contributed by atoms with Crippen molar-refractivity contribution in [2.24, 2.45) is 0 Å². The summed E-state index contributed by atoms with van der Waals surface area (Å²) in [5.41, 5.74) is 5.28. The molecule has 13 nitrogen and oxygen atoms in total. The van der Waals surface area contributed by atoms with Crippen LogP contribution in [0.4, 0.5) is 4.39 Å². The summed E-state index contributed by atoms with van der Waals surface area (Å²) in [6.45, 7) is 14.4. The number of ether oxygens (including phenoxy) is 2. The summed E-state index contributed by atoms with van der Waals surface area (Å²) in [4.78, 5) is 54.1. The Morgan fingerprint density at radius 3 is 2.27 bits per heavy atom. The van der Waals surface area contributed by atoms with Crippen molar-refractivity contribution in [2.75, 3.05) is 59.0 Å². The van der Waals surface area contributed by atoms with Gasteiger partial charge in [-0.2, -0.15) is 0 Å². The molecule has 0 spiro atoms. The fraction of sp³-hybridized carbons (Fsp3) is 0.477. The molecule has 0 unspecified atom stereocenters. The number of carbonyl (C=O) groups is 3. The first-order valence-electron chi connectivity index (χ1n) is 20.7. The van der Waals surface area contributed by atoms with E-state index in [1.807, 2.05) is 44.4 Å². The largest absolute Gasteiger partial charge is 0.438 e. The van der Waals surface area contributed by atoms with Gasteiger partial charge in [-0.05, 0) is 86.9 Å². The number of hydrogen-bond acceptors (Lipinski definition) is 11. The Kier molecular flexibility index (Phi) is 14.3. The van der Waals surface area contributed by atoms with Gasteiger partial charge in [0.2, 0.25) is 11.8 Å². The minimum Gasteiger partial charge on any atom is -0.438 e. The zero-order chi connectivity index (χ0) is 41.3. The van der Waals surface area contributed by atoms with Gasteiger partial charge in [0.05, 0.1) is 26.0 Å². The summed E-state index contributed by atoms with van der Waals surface area (Å²) in [7, 11) is 0. The number of morpholine rings is 1. The molecule has 3 aliphatic rings. The molecule has 0 radical (unpaired) electrons. The van der Waals surface area contributed by atoms with Crippen molar-refractivity contribution in [1.82, 2.24) is 40.6 Å². The lowest BCUT2D eigenvalue weighted by molar-refractivity contribution is -0.123. The van der Waals surface area contributed by atoms with E-state index in [1.54, 1.807) is 6.07 Å². The van der Waals surface area contributed by atoms with Crippen LogP contribution in [0.1, 0.15) is 76.5 Å². The number of pyridine rings is 1. The van der Waals surface area contributed by atoms with Crippen LogP contribution in [0.2, 0.25) is 0 Å². The molecule has 314 valence electrons. The lowest BCUT2D eigenvalue weighted by atomic mass is 9.91. The van der Waals surface area contributed by atoms with Crippen molar-refractivity contribution in [3.8, 4) is 22.8 Å². The summed E-state index contributed by atoms with van der Waals surface area (Å²) in [6, 6.07) is 15.5. The minimum atomic E-state index is -0.635. The standard InChI is InChI=1S/C44H55FN8O5S/c1-29(2)47-40(54)27-52-15-13-51(14-16-52)25-31-7-12-38(33(21-31)26-53-17-19-57-20-18-53)32-5-4-6-37(22-32)58-43-39(23-34(45)24-46-43)41(55)49-35-8-10-36(11-9-35)50-42(56)44-48-30(3)28-59-44/h4-7,12,21-24,28-29,35-36H,8-11,13-20,25-27H2,1-3H3,(H,47,54)(H,49,55)(H,50,56)/t35-,36+. The molecule has 2 aliphatic heterocycles. The van der Waals surface area contributed by atoms with E-state index in [4.69, 9.17) is 9.47 Å². The minimum absolute atomic E-state index is 0.00935. The predicted octanol–water partition coefficient (Wildman–Crippen LogP) is 5.39. The smallest absolute Gasteiger partial charge is 0.280 e. The highest BCUT2D eigenvalue weighted by Gasteiger charge is 2.27. The van der Waals surface area contributed by atoms with Gasteiger partial charge in [-0.25, -0.2) is 14.4 Å². The zero-order valence-electron chi connectivity index (χ0n) is 34.2. The molecule has 3 N–H and O–H groups in total. The fourth-order valence-electron chi connectivity index (χ4n) is 7.95. The molecule has 7 rings (SSSR count). The average molecular weight is 827 g/mol. The average Bonchev–Trinajstić information content (AvgIpc) is 3.66. The third kappa shape index (κ3) is 11.9. The fourth-order valence-corrected chi connectivity index (χ4v) is 8.65. The second-order valence-corrected chi connectivity index (χ2v) is 16.9. The number of halogens is 1. The molecule has 0 bridgehead atoms. The number of aromatic nitrogens is 2. The van der Waals surface area contributed by atoms with Crippen LogP contribution < -0.4 is 20.7 Å². The van der Waals surface area contributed by atoms with E-state index in [0.29, 0.717) is 56.2 Å². The number of nitrogens with one attached hydrogen (secondary N) is 3. The Morgan fingerprint density at radius 1 is 0.881 bits per heavy atom. The van der Waals surface area contributed by atoms with Crippen molar-refractivity contribution in [3.63, 3.8) is 0 Å². The van der Waals surface area contributed by atoms with E-state index in [9.17, 15) is 18.8 Å². The maximum Gasteiger partial charge on any atom is 0.280 e. The molecule has 4 heterocycles. The number of amides is 3. The lowest BCUT2D eigenvalue weighted by Gasteiger charge is -2.34. The number of thiazole rings is 1. The Balaban J connectivity index is 1.01. The van der Waals surface area contributed by atoms with Gasteiger partial charge >= 0.3 is 0 Å². The maximum absolute atomic E-state index is 14.6. The van der Waals surface area contributed by atoms with Crippen LogP contribution in [-0.2, 0) is 22.6 Å². The second-order valence-electron chi connectivity index (χ2n) is 16.1. The third-order valence-corrected chi connectivity index (χ3v) is 11.9. The Bertz CT molecular complexity index is 2080. The van der Waals surface area contributed by atoms with E-state index >= 15 is 0 Å². The summed E-state index contributed by atoms with van der Waals surface area (Å²) in [5.74, 6) is -0.708. The molecule has 3 fully saturated rings. The first kappa shape index (κ1) is 42.3. The van der Waals surface area contributed by atoms with Crippen LogP contribution >= 0.6 is 11.3 Å². The molecular weight excluding hydrogens is 772 g/mol. The number of rotatable bonds is 14. The molecule has 0 atom stereocenters. The molecule has 15 heteroatoms. The van der Waals surface area contributed by atoms with E-state index < -0.39 is 11.7 Å². The highest BCUT2D eigenvalue weighted by atomic mass is 32.1. The molecule has 2 saturated heterocycles. The molecular formula is C44H55FN8O5S. The Labute approximate surface area is 349 Å². The SMILES string of the molecule is Cc1csc(C(=O)N[C@H]2CC[C@@H](NC(=O)c3cc(F)cnc3Oc3cccc(-c4ccc(CN5CCN(CC(=O)NC(C)C)CC5)cc4CN4CCOCC4)c3)CC2)n1. The summed E-state index contributed by atoms with van der Waals surface area (Å²) >= 11 is 1.32. The third-order valence-electron chi connectivity index (χ3n) is 11.0. The van der Waals surface area contributed by atoms with Crippen LogP contribution in [0, 0.1) is 12.7 Å².